The average molecular weight is 358 g/mol. The predicted octanol–water partition coefficient (Wildman–Crippen LogP) is 2.38. The van der Waals surface area contributed by atoms with E-state index >= 15 is 0 Å². The molecule has 0 bridgehead atoms. The molecule has 1 aromatic rings. The van der Waals surface area contributed by atoms with Gasteiger partial charge < -0.3 is 9.64 Å². The van der Waals surface area contributed by atoms with Crippen LogP contribution in [0, 0.1) is 0 Å². The molecule has 21 heavy (non-hydrogen) atoms. The summed E-state index contributed by atoms with van der Waals surface area (Å²) in [4.78, 5) is 18.7. The Bertz CT molecular complexity index is 421. The number of carbonyl (C=O) groups excluding carboxylic acids is 1. The summed E-state index contributed by atoms with van der Waals surface area (Å²) in [6.45, 7) is 10.0. The molecule has 0 aliphatic heterocycles. The third-order valence-corrected chi connectivity index (χ3v) is 3.71. The summed E-state index contributed by atoms with van der Waals surface area (Å²) >= 11 is 3.35. The molecule has 0 saturated carbocycles. The first kappa shape index (κ1) is 18.1. The van der Waals surface area contributed by atoms with Gasteiger partial charge in [-0.25, -0.2) is 4.79 Å². The number of nitrogens with zero attached hydrogens (tertiary/aromatic N) is 2. The number of halogens is 1. The highest BCUT2D eigenvalue weighted by Crippen LogP contribution is 2.15. The minimum absolute atomic E-state index is 0.285. The van der Waals surface area contributed by atoms with Crippen molar-refractivity contribution in [2.45, 2.75) is 26.8 Å². The van der Waals surface area contributed by atoms with Crippen LogP contribution in [0.4, 0.5) is 0 Å². The van der Waals surface area contributed by atoms with Crippen molar-refractivity contribution in [2.75, 3.05) is 32.8 Å². The molecule has 5 nitrogen and oxygen atoms in total. The van der Waals surface area contributed by atoms with Crippen molar-refractivity contribution in [1.82, 2.24) is 15.2 Å². The number of carbonyl (C=O) groups is 1. The molecule has 1 N–H and O–H groups in total. The van der Waals surface area contributed by atoms with E-state index < -0.39 is 6.04 Å². The molecular formula is C15H24BrN3O2. The Labute approximate surface area is 135 Å². The maximum absolute atomic E-state index is 12.1. The van der Waals surface area contributed by atoms with Crippen LogP contribution in [0.15, 0.2) is 22.8 Å². The van der Waals surface area contributed by atoms with Crippen LogP contribution in [-0.4, -0.2) is 48.6 Å². The van der Waals surface area contributed by atoms with Gasteiger partial charge in [-0.15, -0.1) is 0 Å². The molecule has 0 saturated heterocycles. The fourth-order valence-electron chi connectivity index (χ4n) is 2.00. The largest absolute Gasteiger partial charge is 0.465 e. The maximum Gasteiger partial charge on any atom is 0.329 e. The van der Waals surface area contributed by atoms with E-state index in [4.69, 9.17) is 4.74 Å². The molecule has 0 spiro atoms. The number of likely N-dealkylation sites (N-methyl/N-ethyl adjacent to an activating group) is 1. The summed E-state index contributed by atoms with van der Waals surface area (Å²) in [5, 5.41) is 3.25. The Morgan fingerprint density at radius 1 is 1.38 bits per heavy atom. The van der Waals surface area contributed by atoms with Crippen molar-refractivity contribution in [2.24, 2.45) is 0 Å². The highest BCUT2D eigenvalue weighted by atomic mass is 79.9. The van der Waals surface area contributed by atoms with E-state index in [-0.39, 0.29) is 5.97 Å². The molecule has 1 heterocycles. The molecule has 0 aliphatic rings. The van der Waals surface area contributed by atoms with Crippen molar-refractivity contribution in [3.05, 3.63) is 28.5 Å². The van der Waals surface area contributed by atoms with Crippen molar-refractivity contribution >= 4 is 21.9 Å². The van der Waals surface area contributed by atoms with E-state index in [9.17, 15) is 4.79 Å². The van der Waals surface area contributed by atoms with Crippen LogP contribution >= 0.6 is 15.9 Å². The number of rotatable bonds is 9. The number of nitrogens with one attached hydrogen (secondary N) is 1. The smallest absolute Gasteiger partial charge is 0.329 e. The highest BCUT2D eigenvalue weighted by Gasteiger charge is 2.22. The number of pyridine rings is 1. The third kappa shape index (κ3) is 6.11. The number of hydrogen-bond acceptors (Lipinski definition) is 5. The highest BCUT2D eigenvalue weighted by molar-refractivity contribution is 9.10. The van der Waals surface area contributed by atoms with E-state index in [0.29, 0.717) is 18.8 Å². The van der Waals surface area contributed by atoms with Gasteiger partial charge in [-0.3, -0.25) is 10.3 Å². The first-order chi connectivity index (χ1) is 10.1. The van der Waals surface area contributed by atoms with Gasteiger partial charge in [0.2, 0.25) is 0 Å². The Morgan fingerprint density at radius 3 is 2.62 bits per heavy atom. The van der Waals surface area contributed by atoms with Gasteiger partial charge in [0, 0.05) is 23.8 Å². The maximum atomic E-state index is 12.1. The lowest BCUT2D eigenvalue weighted by Crippen LogP contribution is -2.37. The van der Waals surface area contributed by atoms with E-state index in [1.54, 1.807) is 13.1 Å². The van der Waals surface area contributed by atoms with E-state index in [1.807, 2.05) is 12.1 Å². The molecule has 118 valence electrons. The first-order valence-corrected chi connectivity index (χ1v) is 8.15. The van der Waals surface area contributed by atoms with Crippen LogP contribution in [-0.2, 0) is 9.53 Å². The average Bonchev–Trinajstić information content (AvgIpc) is 2.49. The minimum atomic E-state index is -0.520. The summed E-state index contributed by atoms with van der Waals surface area (Å²) in [6.07, 6.45) is 1.69. The van der Waals surface area contributed by atoms with Gasteiger partial charge in [0.25, 0.3) is 0 Å². The van der Waals surface area contributed by atoms with Crippen LogP contribution in [0.2, 0.25) is 0 Å². The lowest BCUT2D eigenvalue weighted by Gasteiger charge is -2.21. The molecule has 0 radical (unpaired) electrons. The normalized spacial score (nSPS) is 12.4. The summed E-state index contributed by atoms with van der Waals surface area (Å²) in [7, 11) is 0. The van der Waals surface area contributed by atoms with Crippen LogP contribution < -0.4 is 5.32 Å². The molecular weight excluding hydrogens is 334 g/mol. The Kier molecular flexibility index (Phi) is 8.49. The fourth-order valence-corrected chi connectivity index (χ4v) is 2.23. The van der Waals surface area contributed by atoms with Crippen LogP contribution in [0.5, 0.6) is 0 Å². The van der Waals surface area contributed by atoms with E-state index in [0.717, 1.165) is 24.1 Å². The van der Waals surface area contributed by atoms with Gasteiger partial charge >= 0.3 is 5.97 Å². The lowest BCUT2D eigenvalue weighted by molar-refractivity contribution is -0.146. The second-order valence-electron chi connectivity index (χ2n) is 4.57. The van der Waals surface area contributed by atoms with E-state index in [2.05, 4.69) is 45.0 Å². The Balaban J connectivity index is 2.69. The topological polar surface area (TPSA) is 54.5 Å². The molecule has 1 unspecified atom stereocenters. The zero-order valence-corrected chi connectivity index (χ0v) is 14.5. The number of aromatic nitrogens is 1. The van der Waals surface area contributed by atoms with Crippen molar-refractivity contribution < 1.29 is 9.53 Å². The number of ether oxygens (including phenoxy) is 1. The standard InChI is InChI=1S/C15H24BrN3O2/c1-4-19(5-2)10-9-17-14(15(20)21-6-3)13-8-7-12(16)11-18-13/h7-8,11,14,17H,4-6,9-10H2,1-3H3. The summed E-state index contributed by atoms with van der Waals surface area (Å²) < 4.78 is 6.02. The molecule has 0 amide bonds. The zero-order chi connectivity index (χ0) is 15.7. The van der Waals surface area contributed by atoms with Gasteiger partial charge in [-0.05, 0) is 48.1 Å². The first-order valence-electron chi connectivity index (χ1n) is 7.36. The summed E-state index contributed by atoms with van der Waals surface area (Å²) in [5.74, 6) is -0.285. The summed E-state index contributed by atoms with van der Waals surface area (Å²) in [6, 6.07) is 3.19. The van der Waals surface area contributed by atoms with Crippen LogP contribution in [0.1, 0.15) is 32.5 Å². The van der Waals surface area contributed by atoms with E-state index in [1.165, 1.54) is 0 Å². The van der Waals surface area contributed by atoms with Gasteiger partial charge in [0.1, 0.15) is 6.04 Å². The van der Waals surface area contributed by atoms with Gasteiger partial charge in [0.05, 0.1) is 12.3 Å². The van der Waals surface area contributed by atoms with Crippen molar-refractivity contribution in [3.63, 3.8) is 0 Å². The molecule has 0 aromatic carbocycles. The monoisotopic (exact) mass is 357 g/mol. The van der Waals surface area contributed by atoms with Gasteiger partial charge in [-0.2, -0.15) is 0 Å². The SMILES string of the molecule is CCOC(=O)C(NCCN(CC)CC)c1ccc(Br)cn1. The lowest BCUT2D eigenvalue weighted by atomic mass is 10.2. The second kappa shape index (κ2) is 9.87. The molecule has 1 atom stereocenters. The molecule has 1 aromatic heterocycles. The second-order valence-corrected chi connectivity index (χ2v) is 5.48. The Hall–Kier alpha value is -0.980. The molecule has 0 fully saturated rings. The third-order valence-electron chi connectivity index (χ3n) is 3.24. The van der Waals surface area contributed by atoms with Crippen LogP contribution in [0.3, 0.4) is 0 Å². The quantitative estimate of drug-likeness (QED) is 0.687. The minimum Gasteiger partial charge on any atom is -0.465 e. The van der Waals surface area contributed by atoms with Crippen molar-refractivity contribution in [3.8, 4) is 0 Å². The fraction of sp³-hybridized carbons (Fsp3) is 0.600. The molecule has 6 heteroatoms. The van der Waals surface area contributed by atoms with Gasteiger partial charge in [0.15, 0.2) is 0 Å². The summed E-state index contributed by atoms with van der Waals surface area (Å²) in [5.41, 5.74) is 0.677. The van der Waals surface area contributed by atoms with Gasteiger partial charge in [-0.1, -0.05) is 13.8 Å². The predicted molar refractivity (Wildman–Crippen MR) is 87.1 cm³/mol. The Morgan fingerprint density at radius 2 is 2.10 bits per heavy atom. The van der Waals surface area contributed by atoms with Crippen LogP contribution in [0.25, 0.3) is 0 Å². The molecule has 0 aliphatic carbocycles. The molecule has 1 rings (SSSR count). The number of esters is 1. The van der Waals surface area contributed by atoms with Crippen molar-refractivity contribution in [1.29, 1.82) is 0 Å². The number of hydrogen-bond donors (Lipinski definition) is 1. The zero-order valence-electron chi connectivity index (χ0n) is 12.9.